The summed E-state index contributed by atoms with van der Waals surface area (Å²) in [5, 5.41) is 0. The third-order valence-corrected chi connectivity index (χ3v) is 3.59. The first-order valence-corrected chi connectivity index (χ1v) is 6.23. The van der Waals surface area contributed by atoms with Crippen LogP contribution in [0, 0.1) is 5.92 Å². The van der Waals surface area contributed by atoms with Crippen LogP contribution < -0.4 is 4.90 Å². The maximum Gasteiger partial charge on any atom is 0.416 e. The smallest absolute Gasteiger partial charge is 0.379 e. The molecule has 1 saturated heterocycles. The number of rotatable bonds is 2. The Labute approximate surface area is 110 Å². The van der Waals surface area contributed by atoms with Crippen LogP contribution in [0.25, 0.3) is 0 Å². The lowest BCUT2D eigenvalue weighted by molar-refractivity contribution is -0.137. The second kappa shape index (κ2) is 5.36. The molecule has 0 saturated carbocycles. The molecular formula is C13H17F3N2O. The van der Waals surface area contributed by atoms with E-state index in [-0.39, 0.29) is 6.10 Å². The molecule has 2 rings (SSSR count). The summed E-state index contributed by atoms with van der Waals surface area (Å²) in [6, 6.07) is 2.09. The van der Waals surface area contributed by atoms with Crippen molar-refractivity contribution in [3.8, 4) is 0 Å². The van der Waals surface area contributed by atoms with Gasteiger partial charge in [0, 0.05) is 26.4 Å². The van der Waals surface area contributed by atoms with E-state index >= 15 is 0 Å². The fraction of sp³-hybridized carbons (Fsp3) is 0.615. The summed E-state index contributed by atoms with van der Waals surface area (Å²) in [5.74, 6) is 0.774. The van der Waals surface area contributed by atoms with E-state index in [9.17, 15) is 13.2 Å². The molecule has 2 unspecified atom stereocenters. The molecule has 1 aliphatic heterocycles. The van der Waals surface area contributed by atoms with E-state index < -0.39 is 11.7 Å². The summed E-state index contributed by atoms with van der Waals surface area (Å²) in [6.45, 7) is 3.37. The number of methoxy groups -OCH3 is 1. The average Bonchev–Trinajstić information content (AvgIpc) is 2.38. The normalized spacial score (nSPS) is 24.6. The van der Waals surface area contributed by atoms with E-state index in [0.717, 1.165) is 18.6 Å². The molecule has 3 nitrogen and oxygen atoms in total. The average molecular weight is 274 g/mol. The highest BCUT2D eigenvalue weighted by Crippen LogP contribution is 2.31. The van der Waals surface area contributed by atoms with Crippen LogP contribution in [0.3, 0.4) is 0 Å². The number of aromatic nitrogens is 1. The minimum absolute atomic E-state index is 0.0325. The van der Waals surface area contributed by atoms with E-state index in [2.05, 4.69) is 11.9 Å². The Balaban J connectivity index is 2.18. The van der Waals surface area contributed by atoms with Gasteiger partial charge in [-0.05, 0) is 24.5 Å². The second-order valence-electron chi connectivity index (χ2n) is 4.89. The van der Waals surface area contributed by atoms with E-state index in [0.29, 0.717) is 24.8 Å². The van der Waals surface area contributed by atoms with Gasteiger partial charge in [0.05, 0.1) is 11.7 Å². The quantitative estimate of drug-likeness (QED) is 0.829. The summed E-state index contributed by atoms with van der Waals surface area (Å²) < 4.78 is 43.4. The predicted octanol–water partition coefficient (Wildman–Crippen LogP) is 2.96. The van der Waals surface area contributed by atoms with Crippen molar-refractivity contribution >= 4 is 5.82 Å². The van der Waals surface area contributed by atoms with Gasteiger partial charge in [0.2, 0.25) is 0 Å². The minimum Gasteiger partial charge on any atom is -0.379 e. The summed E-state index contributed by atoms with van der Waals surface area (Å²) in [4.78, 5) is 5.89. The molecule has 19 heavy (non-hydrogen) atoms. The third kappa shape index (κ3) is 3.18. The zero-order chi connectivity index (χ0) is 14.0. The number of piperidine rings is 1. The van der Waals surface area contributed by atoms with Gasteiger partial charge >= 0.3 is 6.18 Å². The van der Waals surface area contributed by atoms with Gasteiger partial charge in [0.1, 0.15) is 5.82 Å². The molecule has 1 fully saturated rings. The monoisotopic (exact) mass is 274 g/mol. The van der Waals surface area contributed by atoms with Crippen LogP contribution in [0.15, 0.2) is 18.3 Å². The number of hydrogen-bond donors (Lipinski definition) is 0. The Hall–Kier alpha value is -1.30. The molecule has 1 aliphatic rings. The van der Waals surface area contributed by atoms with Crippen molar-refractivity contribution in [2.45, 2.75) is 25.6 Å². The maximum absolute atomic E-state index is 12.7. The largest absolute Gasteiger partial charge is 0.416 e. The van der Waals surface area contributed by atoms with Crippen LogP contribution in [0.4, 0.5) is 19.0 Å². The summed E-state index contributed by atoms with van der Waals surface area (Å²) >= 11 is 0. The Kier molecular flexibility index (Phi) is 3.99. The number of halogens is 3. The van der Waals surface area contributed by atoms with Gasteiger partial charge in [-0.1, -0.05) is 6.92 Å². The zero-order valence-electron chi connectivity index (χ0n) is 10.9. The Morgan fingerprint density at radius 2 is 2.16 bits per heavy atom. The fourth-order valence-corrected chi connectivity index (χ4v) is 2.32. The van der Waals surface area contributed by atoms with E-state index in [1.54, 1.807) is 7.11 Å². The number of ether oxygens (including phenoxy) is 1. The summed E-state index contributed by atoms with van der Waals surface area (Å²) in [7, 11) is 1.63. The lowest BCUT2D eigenvalue weighted by atomic mass is 9.96. The molecule has 6 heteroatoms. The Bertz CT molecular complexity index is 436. The zero-order valence-corrected chi connectivity index (χ0v) is 10.9. The number of hydrogen-bond acceptors (Lipinski definition) is 3. The molecule has 0 aliphatic carbocycles. The second-order valence-corrected chi connectivity index (χ2v) is 4.89. The number of alkyl halides is 3. The van der Waals surface area contributed by atoms with Crippen molar-refractivity contribution in [2.24, 2.45) is 5.92 Å². The number of pyridine rings is 1. The molecule has 1 aromatic rings. The standard InChI is InChI=1S/C13H17F3N2O/c1-9-4-6-18(8-11(9)19-2)12-7-10(3-5-17-12)13(14,15)16/h3,5,7,9,11H,4,6,8H2,1-2H3. The lowest BCUT2D eigenvalue weighted by Crippen LogP contribution is -2.44. The van der Waals surface area contributed by atoms with Gasteiger partial charge in [-0.2, -0.15) is 13.2 Å². The lowest BCUT2D eigenvalue weighted by Gasteiger charge is -2.37. The molecule has 0 spiro atoms. The van der Waals surface area contributed by atoms with Crippen molar-refractivity contribution in [1.82, 2.24) is 4.98 Å². The molecular weight excluding hydrogens is 257 g/mol. The van der Waals surface area contributed by atoms with Crippen LogP contribution in [-0.2, 0) is 10.9 Å². The van der Waals surface area contributed by atoms with Gasteiger partial charge in [-0.3, -0.25) is 0 Å². The molecule has 0 amide bonds. The van der Waals surface area contributed by atoms with Crippen molar-refractivity contribution in [3.05, 3.63) is 23.9 Å². The number of anilines is 1. The molecule has 0 aromatic carbocycles. The van der Waals surface area contributed by atoms with Crippen LogP contribution in [-0.4, -0.2) is 31.3 Å². The number of nitrogens with zero attached hydrogens (tertiary/aromatic N) is 2. The van der Waals surface area contributed by atoms with Crippen LogP contribution in [0.1, 0.15) is 18.9 Å². The third-order valence-electron chi connectivity index (χ3n) is 3.59. The summed E-state index contributed by atoms with van der Waals surface area (Å²) in [6.07, 6.45) is -2.21. The van der Waals surface area contributed by atoms with Gasteiger partial charge in [0.15, 0.2) is 0 Å². The molecule has 0 radical (unpaired) electrons. The maximum atomic E-state index is 12.7. The van der Waals surface area contributed by atoms with Crippen LogP contribution >= 0.6 is 0 Å². The van der Waals surface area contributed by atoms with Gasteiger partial charge in [-0.25, -0.2) is 4.98 Å². The highest BCUT2D eigenvalue weighted by Gasteiger charge is 2.32. The summed E-state index contributed by atoms with van der Waals surface area (Å²) in [5.41, 5.74) is -0.662. The van der Waals surface area contributed by atoms with E-state index in [1.807, 2.05) is 4.90 Å². The predicted molar refractivity (Wildman–Crippen MR) is 66.0 cm³/mol. The van der Waals surface area contributed by atoms with Crippen molar-refractivity contribution < 1.29 is 17.9 Å². The SMILES string of the molecule is COC1CN(c2cc(C(F)(F)F)ccn2)CCC1C. The first kappa shape index (κ1) is 14.1. The molecule has 2 heterocycles. The van der Waals surface area contributed by atoms with Gasteiger partial charge < -0.3 is 9.64 Å². The van der Waals surface area contributed by atoms with Crippen LogP contribution in [0.2, 0.25) is 0 Å². The molecule has 0 N–H and O–H groups in total. The molecule has 106 valence electrons. The first-order valence-electron chi connectivity index (χ1n) is 6.23. The van der Waals surface area contributed by atoms with Gasteiger partial charge in [0.25, 0.3) is 0 Å². The first-order chi connectivity index (χ1) is 8.91. The van der Waals surface area contributed by atoms with E-state index in [4.69, 9.17) is 4.74 Å². The Morgan fingerprint density at radius 1 is 1.42 bits per heavy atom. The van der Waals surface area contributed by atoms with E-state index in [1.165, 1.54) is 6.20 Å². The van der Waals surface area contributed by atoms with Crippen molar-refractivity contribution in [2.75, 3.05) is 25.1 Å². The van der Waals surface area contributed by atoms with Gasteiger partial charge in [-0.15, -0.1) is 0 Å². The molecule has 0 bridgehead atoms. The molecule has 1 aromatic heterocycles. The topological polar surface area (TPSA) is 25.4 Å². The Morgan fingerprint density at radius 3 is 2.79 bits per heavy atom. The minimum atomic E-state index is -4.33. The highest BCUT2D eigenvalue weighted by molar-refractivity contribution is 5.42. The van der Waals surface area contributed by atoms with Crippen molar-refractivity contribution in [1.29, 1.82) is 0 Å². The van der Waals surface area contributed by atoms with Crippen LogP contribution in [0.5, 0.6) is 0 Å². The molecule has 2 atom stereocenters. The highest BCUT2D eigenvalue weighted by atomic mass is 19.4. The fourth-order valence-electron chi connectivity index (χ4n) is 2.32. The van der Waals surface area contributed by atoms with Crippen molar-refractivity contribution in [3.63, 3.8) is 0 Å².